The van der Waals surface area contributed by atoms with E-state index >= 15 is 0 Å². The van der Waals surface area contributed by atoms with Crippen LogP contribution < -0.4 is 16.0 Å². The van der Waals surface area contributed by atoms with E-state index in [0.29, 0.717) is 0 Å². The van der Waals surface area contributed by atoms with E-state index in [1.807, 2.05) is 26.8 Å². The van der Waals surface area contributed by atoms with Crippen LogP contribution in [0.3, 0.4) is 0 Å². The van der Waals surface area contributed by atoms with Crippen LogP contribution in [0.1, 0.15) is 33.3 Å². The molecule has 0 fully saturated rings. The molecule has 0 aliphatic rings. The third-order valence-electron chi connectivity index (χ3n) is 3.21. The zero-order chi connectivity index (χ0) is 14.0. The summed E-state index contributed by atoms with van der Waals surface area (Å²) in [7, 11) is 1.68. The van der Waals surface area contributed by atoms with Gasteiger partial charge in [-0.15, -0.1) is 5.10 Å². The summed E-state index contributed by atoms with van der Waals surface area (Å²) >= 11 is 1.37. The minimum absolute atomic E-state index is 0.0930. The molecule has 1 heterocycles. The summed E-state index contributed by atoms with van der Waals surface area (Å²) in [6.45, 7) is 6.01. The van der Waals surface area contributed by atoms with Gasteiger partial charge in [0.2, 0.25) is 0 Å². The largest absolute Gasteiger partial charge is 0.496 e. The quantitative estimate of drug-likeness (QED) is 0.661. The molecular weight excluding hydrogens is 260 g/mol. The van der Waals surface area contributed by atoms with E-state index in [4.69, 9.17) is 10.6 Å². The molecule has 0 bridgehead atoms. The third-order valence-corrected chi connectivity index (χ3v) is 4.10. The SMILES string of the molecule is COc1cc(C)c(C(NN)c2snnc2C)cc1C. The van der Waals surface area contributed by atoms with Crippen LogP contribution in [0.5, 0.6) is 5.75 Å². The van der Waals surface area contributed by atoms with Gasteiger partial charge in [-0.05, 0) is 55.1 Å². The number of methoxy groups -OCH3 is 1. The second-order valence-electron chi connectivity index (χ2n) is 4.50. The zero-order valence-corrected chi connectivity index (χ0v) is 12.3. The molecule has 19 heavy (non-hydrogen) atoms. The number of nitrogens with one attached hydrogen (secondary N) is 1. The lowest BCUT2D eigenvalue weighted by molar-refractivity contribution is 0.411. The molecule has 0 saturated heterocycles. The fourth-order valence-electron chi connectivity index (χ4n) is 2.15. The molecule has 0 amide bonds. The molecule has 3 N–H and O–H groups in total. The molecule has 1 aromatic carbocycles. The molecule has 2 aromatic rings. The Balaban J connectivity index is 2.50. The minimum atomic E-state index is -0.0930. The Labute approximate surface area is 116 Å². The Morgan fingerprint density at radius 1 is 1.26 bits per heavy atom. The molecular formula is C13H18N4OS. The first-order valence-electron chi connectivity index (χ1n) is 5.98. The highest BCUT2D eigenvalue weighted by Gasteiger charge is 2.20. The van der Waals surface area contributed by atoms with Crippen molar-refractivity contribution in [2.45, 2.75) is 26.8 Å². The normalized spacial score (nSPS) is 12.5. The molecule has 1 atom stereocenters. The van der Waals surface area contributed by atoms with E-state index in [0.717, 1.165) is 33.0 Å². The Hall–Kier alpha value is -1.50. The summed E-state index contributed by atoms with van der Waals surface area (Å²) in [4.78, 5) is 1.04. The van der Waals surface area contributed by atoms with Gasteiger partial charge in [-0.25, -0.2) is 5.43 Å². The molecule has 1 aromatic heterocycles. The molecule has 0 aliphatic heterocycles. The molecule has 2 rings (SSSR count). The lowest BCUT2D eigenvalue weighted by Gasteiger charge is -2.19. The highest BCUT2D eigenvalue weighted by atomic mass is 32.1. The lowest BCUT2D eigenvalue weighted by Crippen LogP contribution is -2.29. The molecule has 6 heteroatoms. The topological polar surface area (TPSA) is 73.1 Å². The smallest absolute Gasteiger partial charge is 0.122 e. The van der Waals surface area contributed by atoms with Crippen molar-refractivity contribution >= 4 is 11.5 Å². The van der Waals surface area contributed by atoms with Gasteiger partial charge in [0, 0.05) is 0 Å². The van der Waals surface area contributed by atoms with E-state index in [1.165, 1.54) is 11.5 Å². The number of hydrogen-bond donors (Lipinski definition) is 2. The number of hydrogen-bond acceptors (Lipinski definition) is 6. The fraction of sp³-hybridized carbons (Fsp3) is 0.385. The van der Waals surface area contributed by atoms with Crippen LogP contribution in [-0.2, 0) is 0 Å². The molecule has 0 aliphatic carbocycles. The first-order chi connectivity index (χ1) is 9.08. The van der Waals surface area contributed by atoms with Crippen molar-refractivity contribution in [1.82, 2.24) is 15.0 Å². The van der Waals surface area contributed by atoms with Crippen molar-refractivity contribution in [2.24, 2.45) is 5.84 Å². The predicted molar refractivity (Wildman–Crippen MR) is 76.3 cm³/mol. The molecule has 0 saturated carbocycles. The number of benzene rings is 1. The van der Waals surface area contributed by atoms with Gasteiger partial charge in [-0.1, -0.05) is 10.6 Å². The van der Waals surface area contributed by atoms with Gasteiger partial charge in [0.1, 0.15) is 5.75 Å². The number of rotatable bonds is 4. The Kier molecular flexibility index (Phi) is 4.14. The number of aryl methyl sites for hydroxylation is 3. The van der Waals surface area contributed by atoms with Gasteiger partial charge >= 0.3 is 0 Å². The number of hydrazine groups is 1. The van der Waals surface area contributed by atoms with Gasteiger partial charge in [-0.3, -0.25) is 5.84 Å². The van der Waals surface area contributed by atoms with Gasteiger partial charge < -0.3 is 4.74 Å². The lowest BCUT2D eigenvalue weighted by atomic mass is 9.97. The maximum atomic E-state index is 5.72. The van der Waals surface area contributed by atoms with Crippen molar-refractivity contribution in [1.29, 1.82) is 0 Å². The number of nitrogens with two attached hydrogens (primary N) is 1. The first-order valence-corrected chi connectivity index (χ1v) is 6.76. The number of nitrogens with zero attached hydrogens (tertiary/aromatic N) is 2. The van der Waals surface area contributed by atoms with Crippen LogP contribution in [0.15, 0.2) is 12.1 Å². The Bertz CT molecular complexity index is 582. The van der Waals surface area contributed by atoms with Crippen LogP contribution in [0, 0.1) is 20.8 Å². The number of ether oxygens (including phenoxy) is 1. The fourth-order valence-corrected chi connectivity index (χ4v) is 2.88. The molecule has 5 nitrogen and oxygen atoms in total. The maximum Gasteiger partial charge on any atom is 0.122 e. The van der Waals surface area contributed by atoms with E-state index in [2.05, 4.69) is 21.1 Å². The highest BCUT2D eigenvalue weighted by molar-refractivity contribution is 7.05. The van der Waals surface area contributed by atoms with Crippen LogP contribution in [0.25, 0.3) is 0 Å². The minimum Gasteiger partial charge on any atom is -0.496 e. The van der Waals surface area contributed by atoms with Crippen molar-refractivity contribution in [3.63, 3.8) is 0 Å². The van der Waals surface area contributed by atoms with Crippen molar-refractivity contribution in [2.75, 3.05) is 7.11 Å². The standard InChI is InChI=1S/C13H18N4OS/c1-7-6-11(18-4)8(2)5-10(7)12(15-14)13-9(3)16-17-19-13/h5-6,12,15H,14H2,1-4H3. The van der Waals surface area contributed by atoms with Crippen LogP contribution in [0.4, 0.5) is 0 Å². The third kappa shape index (κ3) is 2.60. The van der Waals surface area contributed by atoms with Gasteiger partial charge in [0.05, 0.1) is 23.7 Å². The van der Waals surface area contributed by atoms with E-state index in [-0.39, 0.29) is 6.04 Å². The average Bonchev–Trinajstić information content (AvgIpc) is 2.80. The maximum absolute atomic E-state index is 5.72. The monoisotopic (exact) mass is 278 g/mol. The van der Waals surface area contributed by atoms with E-state index in [9.17, 15) is 0 Å². The summed E-state index contributed by atoms with van der Waals surface area (Å²) in [5.41, 5.74) is 7.09. The second kappa shape index (κ2) is 5.64. The van der Waals surface area contributed by atoms with Gasteiger partial charge in [0.25, 0.3) is 0 Å². The molecule has 0 spiro atoms. The summed E-state index contributed by atoms with van der Waals surface area (Å²) in [5, 5.41) is 4.05. The van der Waals surface area contributed by atoms with Crippen molar-refractivity contribution < 1.29 is 4.74 Å². The summed E-state index contributed by atoms with van der Waals surface area (Å²) in [5.74, 6) is 6.61. The van der Waals surface area contributed by atoms with Crippen LogP contribution in [-0.4, -0.2) is 16.7 Å². The highest BCUT2D eigenvalue weighted by Crippen LogP contribution is 2.32. The average molecular weight is 278 g/mol. The summed E-state index contributed by atoms with van der Waals surface area (Å²) in [6.07, 6.45) is 0. The summed E-state index contributed by atoms with van der Waals surface area (Å²) in [6, 6.07) is 4.03. The van der Waals surface area contributed by atoms with Crippen LogP contribution >= 0.6 is 11.5 Å². The van der Waals surface area contributed by atoms with Gasteiger partial charge in [-0.2, -0.15) is 0 Å². The molecule has 0 radical (unpaired) electrons. The van der Waals surface area contributed by atoms with Crippen molar-refractivity contribution in [3.05, 3.63) is 39.4 Å². The first kappa shape index (κ1) is 13.9. The van der Waals surface area contributed by atoms with E-state index in [1.54, 1.807) is 7.11 Å². The Morgan fingerprint density at radius 2 is 2.00 bits per heavy atom. The summed E-state index contributed by atoms with van der Waals surface area (Å²) < 4.78 is 9.31. The number of aromatic nitrogens is 2. The van der Waals surface area contributed by atoms with E-state index < -0.39 is 0 Å². The zero-order valence-electron chi connectivity index (χ0n) is 11.5. The predicted octanol–water partition coefficient (Wildman–Crippen LogP) is 2.02. The molecule has 102 valence electrons. The Morgan fingerprint density at radius 3 is 2.53 bits per heavy atom. The van der Waals surface area contributed by atoms with Crippen LogP contribution in [0.2, 0.25) is 0 Å². The van der Waals surface area contributed by atoms with Crippen molar-refractivity contribution in [3.8, 4) is 5.75 Å². The van der Waals surface area contributed by atoms with Gasteiger partial charge in [0.15, 0.2) is 0 Å². The second-order valence-corrected chi connectivity index (χ2v) is 5.29. The molecule has 1 unspecified atom stereocenters.